The van der Waals surface area contributed by atoms with Crippen LogP contribution in [0, 0.1) is 0 Å². The van der Waals surface area contributed by atoms with Gasteiger partial charge in [0.05, 0.1) is 39.3 Å². The number of rotatable bonds is 19. The average molecular weight is 993 g/mol. The zero-order valence-corrected chi connectivity index (χ0v) is 39.5. The van der Waals surface area contributed by atoms with Crippen LogP contribution in [0.4, 0.5) is 11.4 Å². The summed E-state index contributed by atoms with van der Waals surface area (Å²) in [5.74, 6) is -5.91. The normalized spacial score (nSPS) is 18.1. The Morgan fingerprint density at radius 1 is 0.500 bits per heavy atom. The Kier molecular flexibility index (Phi) is 26.4. The second-order valence-electron chi connectivity index (χ2n) is 16.1. The average Bonchev–Trinajstić information content (AvgIpc) is 3.35. The summed E-state index contributed by atoms with van der Waals surface area (Å²) in [6, 6.07) is 14.7. The van der Waals surface area contributed by atoms with Crippen molar-refractivity contribution < 1.29 is 59.4 Å². The molecule has 2 aromatic rings. The summed E-state index contributed by atoms with van der Waals surface area (Å²) in [5, 5.41) is 69.0. The van der Waals surface area contributed by atoms with E-state index < -0.39 is 35.8 Å². The highest BCUT2D eigenvalue weighted by Crippen LogP contribution is 2.18. The van der Waals surface area contributed by atoms with Crippen molar-refractivity contribution in [2.24, 2.45) is 0 Å². The van der Waals surface area contributed by atoms with Crippen LogP contribution in [0.2, 0.25) is 0 Å². The van der Waals surface area contributed by atoms with E-state index in [1.54, 1.807) is 36.4 Å². The van der Waals surface area contributed by atoms with Crippen LogP contribution in [0.1, 0.15) is 25.5 Å². The number of hydrogen-bond donors (Lipinski definition) is 10. The van der Waals surface area contributed by atoms with Gasteiger partial charge in [-0.2, -0.15) is 0 Å². The van der Waals surface area contributed by atoms with Crippen molar-refractivity contribution >= 4 is 81.9 Å². The topological polar surface area (TPSA) is 291 Å². The molecule has 68 heavy (non-hydrogen) atoms. The molecule has 24 heteroatoms. The number of carboxylic acid groups (broad SMARTS) is 6. The maximum atomic E-state index is 11.6. The number of nitrogens with zero attached hydrogens (tertiary/aromatic N) is 6. The van der Waals surface area contributed by atoms with Crippen LogP contribution in [0.5, 0.6) is 0 Å². The predicted molar refractivity (Wildman–Crippen MR) is 264 cm³/mol. The van der Waals surface area contributed by atoms with Crippen molar-refractivity contribution in [2.45, 2.75) is 39.3 Å². The Hall–Kier alpha value is -5.60. The van der Waals surface area contributed by atoms with E-state index in [-0.39, 0.29) is 58.8 Å². The van der Waals surface area contributed by atoms with Gasteiger partial charge in [-0.25, -0.2) is 0 Å². The van der Waals surface area contributed by atoms with Crippen molar-refractivity contribution in [1.82, 2.24) is 40.0 Å². The summed E-state index contributed by atoms with van der Waals surface area (Å²) in [4.78, 5) is 78.9. The van der Waals surface area contributed by atoms with Crippen molar-refractivity contribution in [3.05, 3.63) is 59.7 Å². The van der Waals surface area contributed by atoms with Gasteiger partial charge < -0.3 is 51.9 Å². The SMILES string of the molecule is C.CCNC(=S)Nc1ccc(CC2CN(CC(=O)O)CCN(CC(=O)O)CCN2CC(=O)O)cc1.CNC(=S)Nc1ccc(CC2CN(CC(=O)O)CCN(CC(=O)O)CCN2CC(=O)O)cc1. The molecule has 2 aliphatic rings. The first-order chi connectivity index (χ1) is 31.8. The van der Waals surface area contributed by atoms with Gasteiger partial charge in [0.1, 0.15) is 0 Å². The van der Waals surface area contributed by atoms with Crippen LogP contribution in [-0.2, 0) is 41.6 Å². The number of carboxylic acids is 6. The lowest BCUT2D eigenvalue weighted by atomic mass is 10.0. The highest BCUT2D eigenvalue weighted by Gasteiger charge is 2.30. The lowest BCUT2D eigenvalue weighted by Gasteiger charge is -2.33. The molecule has 0 amide bonds. The third kappa shape index (κ3) is 23.4. The molecule has 4 rings (SSSR count). The lowest BCUT2D eigenvalue weighted by Crippen LogP contribution is -2.49. The van der Waals surface area contributed by atoms with Crippen LogP contribution >= 0.6 is 24.4 Å². The molecule has 10 N–H and O–H groups in total. The van der Waals surface area contributed by atoms with Crippen LogP contribution in [0.3, 0.4) is 0 Å². The van der Waals surface area contributed by atoms with Gasteiger partial charge in [-0.15, -0.1) is 0 Å². The van der Waals surface area contributed by atoms with Gasteiger partial charge >= 0.3 is 35.8 Å². The van der Waals surface area contributed by atoms with E-state index in [4.69, 9.17) is 24.4 Å². The molecular formula is C44H68N10O12S2. The van der Waals surface area contributed by atoms with E-state index in [9.17, 15) is 59.4 Å². The fraction of sp³-hybridized carbons (Fsp3) is 0.545. The molecule has 2 saturated heterocycles. The van der Waals surface area contributed by atoms with E-state index in [1.807, 2.05) is 55.5 Å². The number of carbonyl (C=O) groups is 6. The number of hydrogen-bond acceptors (Lipinski definition) is 14. The minimum absolute atomic E-state index is 0. The monoisotopic (exact) mass is 992 g/mol. The van der Waals surface area contributed by atoms with Crippen molar-refractivity contribution in [2.75, 3.05) is 129 Å². The van der Waals surface area contributed by atoms with E-state index in [0.717, 1.165) is 22.5 Å². The molecule has 2 atom stereocenters. The maximum absolute atomic E-state index is 11.6. The molecule has 2 fully saturated rings. The summed E-state index contributed by atoms with van der Waals surface area (Å²) < 4.78 is 0. The second-order valence-corrected chi connectivity index (χ2v) is 16.9. The van der Waals surface area contributed by atoms with Gasteiger partial charge in [-0.1, -0.05) is 31.7 Å². The number of thiocarbonyl (C=S) groups is 2. The Labute approximate surface area is 407 Å². The first-order valence-corrected chi connectivity index (χ1v) is 22.5. The van der Waals surface area contributed by atoms with Crippen LogP contribution in [-0.4, -0.2) is 236 Å². The molecule has 0 aliphatic carbocycles. The van der Waals surface area contributed by atoms with Crippen molar-refractivity contribution in [1.29, 1.82) is 0 Å². The summed E-state index contributed by atoms with van der Waals surface area (Å²) in [6.07, 6.45) is 1.03. The fourth-order valence-corrected chi connectivity index (χ4v) is 8.13. The van der Waals surface area contributed by atoms with Gasteiger partial charge in [-0.05, 0) is 79.6 Å². The molecule has 0 radical (unpaired) electrons. The molecule has 0 saturated carbocycles. The number of anilines is 2. The molecule has 0 spiro atoms. The van der Waals surface area contributed by atoms with Crippen LogP contribution in [0.25, 0.3) is 0 Å². The molecule has 22 nitrogen and oxygen atoms in total. The zero-order chi connectivity index (χ0) is 49.5. The standard InChI is InChI=1S/C22H33N5O6S.C21H31N5O6S.CH4/c1-2-23-22(34)24-17-5-3-16(4-6-17)11-18-12-26(14-20(30)31)8-7-25(13-19(28)29)9-10-27(18)15-21(32)33;1-22-21(33)23-16-4-2-15(3-5-16)10-17-11-25(13-19(29)30)7-6-24(12-18(27)28)8-9-26(17)14-20(31)32;/h3-6,18H,2,7-15H2,1H3,(H,28,29)(H,30,31)(H,32,33)(H2,23,24,34);2-5,17H,6-14H2,1H3,(H,27,28)(H,29,30)(H,31,32)(H2,22,23,33);1H4. The minimum atomic E-state index is -0.992. The molecule has 0 bridgehead atoms. The van der Waals surface area contributed by atoms with Gasteiger partial charge in [0.25, 0.3) is 0 Å². The maximum Gasteiger partial charge on any atom is 0.317 e. The first kappa shape index (κ1) is 58.5. The van der Waals surface area contributed by atoms with Crippen LogP contribution in [0.15, 0.2) is 48.5 Å². The van der Waals surface area contributed by atoms with Gasteiger partial charge in [0, 0.05) is 102 Å². The minimum Gasteiger partial charge on any atom is -0.480 e. The number of nitrogens with one attached hydrogen (secondary N) is 4. The highest BCUT2D eigenvalue weighted by molar-refractivity contribution is 7.80. The molecule has 2 aromatic carbocycles. The van der Waals surface area contributed by atoms with Crippen molar-refractivity contribution in [3.8, 4) is 0 Å². The second kappa shape index (κ2) is 30.7. The number of aliphatic carboxylic acids is 6. The summed E-state index contributed by atoms with van der Waals surface area (Å²) in [7, 11) is 1.72. The fourth-order valence-electron chi connectivity index (χ4n) is 7.75. The molecule has 378 valence electrons. The van der Waals surface area contributed by atoms with E-state index in [1.165, 1.54) is 0 Å². The zero-order valence-electron chi connectivity index (χ0n) is 37.8. The van der Waals surface area contributed by atoms with Gasteiger partial charge in [-0.3, -0.25) is 58.2 Å². The molecule has 0 aromatic heterocycles. The van der Waals surface area contributed by atoms with E-state index >= 15 is 0 Å². The van der Waals surface area contributed by atoms with Crippen LogP contribution < -0.4 is 21.3 Å². The summed E-state index contributed by atoms with van der Waals surface area (Å²) in [5.41, 5.74) is 3.57. The van der Waals surface area contributed by atoms with E-state index in [0.29, 0.717) is 95.1 Å². The Morgan fingerprint density at radius 2 is 0.809 bits per heavy atom. The summed E-state index contributed by atoms with van der Waals surface area (Å²) >= 11 is 10.3. The Balaban J connectivity index is 0.000000460. The Bertz CT molecular complexity index is 1970. The van der Waals surface area contributed by atoms with E-state index in [2.05, 4.69) is 21.3 Å². The molecule has 2 heterocycles. The van der Waals surface area contributed by atoms with Crippen molar-refractivity contribution in [3.63, 3.8) is 0 Å². The molecule has 2 aliphatic heterocycles. The Morgan fingerprint density at radius 3 is 1.13 bits per heavy atom. The summed E-state index contributed by atoms with van der Waals surface area (Å²) in [6.45, 7) is 5.15. The first-order valence-electron chi connectivity index (χ1n) is 21.7. The van der Waals surface area contributed by atoms with Gasteiger partial charge in [0.15, 0.2) is 10.2 Å². The van der Waals surface area contributed by atoms with Gasteiger partial charge in [0.2, 0.25) is 0 Å². The third-order valence-corrected chi connectivity index (χ3v) is 11.4. The third-order valence-electron chi connectivity index (χ3n) is 10.9. The quantitative estimate of drug-likeness (QED) is 0.0853. The predicted octanol–water partition coefficient (Wildman–Crippen LogP) is 0.401. The molecule has 2 unspecified atom stereocenters. The largest absolute Gasteiger partial charge is 0.480 e. The highest BCUT2D eigenvalue weighted by atomic mass is 32.1. The number of benzene rings is 2. The molecular weight excluding hydrogens is 925 g/mol. The lowest BCUT2D eigenvalue weighted by molar-refractivity contribution is -0.140. The smallest absolute Gasteiger partial charge is 0.317 e.